The van der Waals surface area contributed by atoms with Crippen molar-refractivity contribution in [2.75, 3.05) is 5.32 Å². The Morgan fingerprint density at radius 3 is 2.81 bits per heavy atom. The zero-order valence-corrected chi connectivity index (χ0v) is 11.7. The zero-order valence-electron chi connectivity index (χ0n) is 11.7. The number of aliphatic hydroxyl groups excluding tert-OH is 1. The number of rotatable bonds is 5. The van der Waals surface area contributed by atoms with E-state index in [0.29, 0.717) is 11.9 Å². The molecule has 0 aliphatic carbocycles. The van der Waals surface area contributed by atoms with Gasteiger partial charge in [-0.15, -0.1) is 0 Å². The maximum Gasteiger partial charge on any atom is 0.293 e. The van der Waals surface area contributed by atoms with Crippen LogP contribution in [0.1, 0.15) is 20.3 Å². The van der Waals surface area contributed by atoms with Crippen LogP contribution in [0, 0.1) is 10.1 Å². The van der Waals surface area contributed by atoms with Crippen LogP contribution in [-0.2, 0) is 0 Å². The number of aliphatic hydroxyl groups is 1. The molecule has 8 heteroatoms. The Morgan fingerprint density at radius 1 is 1.48 bits per heavy atom. The first-order valence-corrected chi connectivity index (χ1v) is 6.49. The number of aromatic amines is 1. The molecule has 2 unspecified atom stereocenters. The van der Waals surface area contributed by atoms with E-state index < -0.39 is 16.6 Å². The van der Waals surface area contributed by atoms with E-state index in [4.69, 9.17) is 0 Å². The van der Waals surface area contributed by atoms with Crippen LogP contribution in [0.15, 0.2) is 23.3 Å². The molecule has 0 aliphatic rings. The van der Waals surface area contributed by atoms with E-state index in [1.807, 2.05) is 6.92 Å². The highest BCUT2D eigenvalue weighted by molar-refractivity contribution is 5.86. The Bertz CT molecular complexity index is 726. The van der Waals surface area contributed by atoms with Crippen LogP contribution in [-0.4, -0.2) is 32.1 Å². The van der Waals surface area contributed by atoms with Gasteiger partial charge in [-0.25, -0.2) is 4.98 Å². The summed E-state index contributed by atoms with van der Waals surface area (Å²) in [4.78, 5) is 28.7. The number of nitro benzene ring substituents is 1. The summed E-state index contributed by atoms with van der Waals surface area (Å²) in [6.45, 7) is 3.46. The molecule has 1 aromatic heterocycles. The second-order valence-electron chi connectivity index (χ2n) is 5.01. The van der Waals surface area contributed by atoms with Crippen molar-refractivity contribution in [2.24, 2.45) is 0 Å². The van der Waals surface area contributed by atoms with E-state index in [1.165, 1.54) is 18.5 Å². The molecule has 1 aromatic carbocycles. The van der Waals surface area contributed by atoms with Gasteiger partial charge >= 0.3 is 0 Å². The van der Waals surface area contributed by atoms with Crippen LogP contribution in [0.3, 0.4) is 0 Å². The fourth-order valence-corrected chi connectivity index (χ4v) is 2.21. The highest BCUT2D eigenvalue weighted by atomic mass is 16.6. The van der Waals surface area contributed by atoms with E-state index in [0.717, 1.165) is 0 Å². The van der Waals surface area contributed by atoms with E-state index in [2.05, 4.69) is 15.3 Å². The summed E-state index contributed by atoms with van der Waals surface area (Å²) in [7, 11) is 0. The molecule has 2 atom stereocenters. The average Bonchev–Trinajstić information content (AvgIpc) is 2.37. The van der Waals surface area contributed by atoms with Gasteiger partial charge in [-0.2, -0.15) is 0 Å². The normalized spacial score (nSPS) is 13.9. The quantitative estimate of drug-likeness (QED) is 0.565. The van der Waals surface area contributed by atoms with Gasteiger partial charge in [0.05, 0.1) is 28.3 Å². The van der Waals surface area contributed by atoms with Crippen molar-refractivity contribution in [3.8, 4) is 0 Å². The van der Waals surface area contributed by atoms with Crippen molar-refractivity contribution in [2.45, 2.75) is 32.4 Å². The number of hydrogen-bond donors (Lipinski definition) is 3. The third-order valence-electron chi connectivity index (χ3n) is 3.05. The van der Waals surface area contributed by atoms with Gasteiger partial charge in [0.2, 0.25) is 0 Å². The topological polar surface area (TPSA) is 121 Å². The summed E-state index contributed by atoms with van der Waals surface area (Å²) < 4.78 is 0. The van der Waals surface area contributed by atoms with Gasteiger partial charge in [-0.1, -0.05) is 0 Å². The van der Waals surface area contributed by atoms with Crippen molar-refractivity contribution in [1.82, 2.24) is 9.97 Å². The van der Waals surface area contributed by atoms with Crippen molar-refractivity contribution in [3.63, 3.8) is 0 Å². The molecule has 0 fully saturated rings. The van der Waals surface area contributed by atoms with E-state index in [9.17, 15) is 20.0 Å². The summed E-state index contributed by atoms with van der Waals surface area (Å²) in [5.74, 6) is 0. The summed E-state index contributed by atoms with van der Waals surface area (Å²) in [6, 6.07) is 2.52. The van der Waals surface area contributed by atoms with Crippen LogP contribution in [0.25, 0.3) is 10.9 Å². The lowest BCUT2D eigenvalue weighted by atomic mass is 10.1. The predicted octanol–water partition coefficient (Wildman–Crippen LogP) is 1.40. The lowest BCUT2D eigenvalue weighted by Gasteiger charge is -2.16. The maximum atomic E-state index is 11.7. The molecule has 0 aliphatic heterocycles. The summed E-state index contributed by atoms with van der Waals surface area (Å²) in [5, 5.41) is 23.7. The molecule has 2 rings (SSSR count). The fourth-order valence-electron chi connectivity index (χ4n) is 2.21. The predicted molar refractivity (Wildman–Crippen MR) is 78.4 cm³/mol. The first kappa shape index (κ1) is 14.9. The Hall–Kier alpha value is -2.48. The van der Waals surface area contributed by atoms with Crippen LogP contribution in [0.4, 0.5) is 11.4 Å². The van der Waals surface area contributed by atoms with Crippen molar-refractivity contribution < 1.29 is 10.0 Å². The number of nitrogens with one attached hydrogen (secondary N) is 2. The van der Waals surface area contributed by atoms with Gasteiger partial charge in [-0.05, 0) is 26.3 Å². The number of aromatic nitrogens is 2. The van der Waals surface area contributed by atoms with Crippen LogP contribution >= 0.6 is 0 Å². The largest absolute Gasteiger partial charge is 0.393 e. The Labute approximate surface area is 120 Å². The monoisotopic (exact) mass is 292 g/mol. The molecule has 0 amide bonds. The summed E-state index contributed by atoms with van der Waals surface area (Å²) in [5.41, 5.74) is 0.0277. The van der Waals surface area contributed by atoms with Gasteiger partial charge in [0.15, 0.2) is 0 Å². The van der Waals surface area contributed by atoms with Crippen LogP contribution < -0.4 is 10.9 Å². The van der Waals surface area contributed by atoms with E-state index in [-0.39, 0.29) is 22.8 Å². The van der Waals surface area contributed by atoms with Gasteiger partial charge in [-0.3, -0.25) is 14.9 Å². The second-order valence-corrected chi connectivity index (χ2v) is 5.01. The molecule has 0 saturated heterocycles. The summed E-state index contributed by atoms with van der Waals surface area (Å²) in [6.07, 6.45) is 1.17. The number of nitrogens with zero attached hydrogens (tertiary/aromatic N) is 2. The SMILES string of the molecule is CC(O)CC(C)Nc1cc2nc[nH]c(=O)c2cc1[N+](=O)[O-]. The molecule has 21 heavy (non-hydrogen) atoms. The first-order chi connectivity index (χ1) is 9.88. The van der Waals surface area contributed by atoms with E-state index >= 15 is 0 Å². The Balaban J connectivity index is 2.48. The number of fused-ring (bicyclic) bond motifs is 1. The van der Waals surface area contributed by atoms with Gasteiger partial charge in [0, 0.05) is 12.1 Å². The standard InChI is InChI=1S/C13H16N4O4/c1-7(3-8(2)18)16-11-5-10-9(4-12(11)17(20)21)13(19)15-6-14-10/h4-8,16,18H,3H2,1-2H3,(H,14,15,19). The van der Waals surface area contributed by atoms with Gasteiger partial charge < -0.3 is 15.4 Å². The third kappa shape index (κ3) is 3.34. The minimum atomic E-state index is -0.552. The van der Waals surface area contributed by atoms with E-state index in [1.54, 1.807) is 6.92 Å². The molecule has 112 valence electrons. The molecular formula is C13H16N4O4. The molecule has 1 heterocycles. The molecule has 0 radical (unpaired) electrons. The highest BCUT2D eigenvalue weighted by Gasteiger charge is 2.19. The molecule has 3 N–H and O–H groups in total. The number of anilines is 1. The Kier molecular flexibility index (Phi) is 4.18. The average molecular weight is 292 g/mol. The number of hydrogen-bond acceptors (Lipinski definition) is 6. The van der Waals surface area contributed by atoms with Crippen molar-refractivity contribution in [3.05, 3.63) is 38.9 Å². The Morgan fingerprint density at radius 2 is 2.19 bits per heavy atom. The first-order valence-electron chi connectivity index (χ1n) is 6.49. The molecule has 0 spiro atoms. The lowest BCUT2D eigenvalue weighted by Crippen LogP contribution is -2.21. The summed E-state index contributed by atoms with van der Waals surface area (Å²) >= 11 is 0. The zero-order chi connectivity index (χ0) is 15.6. The molecule has 2 aromatic rings. The van der Waals surface area contributed by atoms with Crippen LogP contribution in [0.2, 0.25) is 0 Å². The third-order valence-corrected chi connectivity index (χ3v) is 3.05. The lowest BCUT2D eigenvalue weighted by molar-refractivity contribution is -0.383. The molecule has 0 bridgehead atoms. The van der Waals surface area contributed by atoms with Crippen LogP contribution in [0.5, 0.6) is 0 Å². The number of H-pyrrole nitrogens is 1. The molecular weight excluding hydrogens is 276 g/mol. The fraction of sp³-hybridized carbons (Fsp3) is 0.385. The minimum absolute atomic E-state index is 0.164. The number of nitro groups is 1. The number of benzene rings is 1. The van der Waals surface area contributed by atoms with Crippen molar-refractivity contribution in [1.29, 1.82) is 0 Å². The van der Waals surface area contributed by atoms with Gasteiger partial charge in [0.1, 0.15) is 5.69 Å². The second kappa shape index (κ2) is 5.88. The smallest absolute Gasteiger partial charge is 0.293 e. The maximum absolute atomic E-state index is 11.7. The molecule has 0 saturated carbocycles. The highest BCUT2D eigenvalue weighted by Crippen LogP contribution is 2.28. The van der Waals surface area contributed by atoms with Crippen molar-refractivity contribution >= 4 is 22.3 Å². The molecule has 8 nitrogen and oxygen atoms in total. The van der Waals surface area contributed by atoms with Gasteiger partial charge in [0.25, 0.3) is 11.2 Å². The minimum Gasteiger partial charge on any atom is -0.393 e.